The van der Waals surface area contributed by atoms with Crippen LogP contribution in [0.3, 0.4) is 0 Å². The summed E-state index contributed by atoms with van der Waals surface area (Å²) in [6, 6.07) is 8.20. The summed E-state index contributed by atoms with van der Waals surface area (Å²) < 4.78 is 10.6. The number of hydrogen-bond donors (Lipinski definition) is 1. The lowest BCUT2D eigenvalue weighted by Crippen LogP contribution is -2.40. The molecule has 1 atom stereocenters. The number of thiophene rings is 1. The van der Waals surface area contributed by atoms with Crippen LogP contribution >= 0.6 is 11.3 Å². The van der Waals surface area contributed by atoms with Gasteiger partial charge in [-0.2, -0.15) is 11.3 Å². The Labute approximate surface area is 152 Å². The summed E-state index contributed by atoms with van der Waals surface area (Å²) in [5.74, 6) is 1.43. The van der Waals surface area contributed by atoms with Gasteiger partial charge in [0.2, 0.25) is 0 Å². The monoisotopic (exact) mass is 360 g/mol. The average molecular weight is 360 g/mol. The molecule has 0 saturated carbocycles. The number of likely N-dealkylation sites (tertiary alicyclic amines) is 1. The molecule has 1 fully saturated rings. The number of nitrogens with zero attached hydrogens (tertiary/aromatic N) is 1. The first-order chi connectivity index (χ1) is 12.2. The van der Waals surface area contributed by atoms with Gasteiger partial charge in [-0.3, -0.25) is 0 Å². The lowest BCUT2D eigenvalue weighted by atomic mass is 10.1. The Hall–Kier alpha value is -2.21. The first kappa shape index (κ1) is 17.6. The van der Waals surface area contributed by atoms with Crippen molar-refractivity contribution in [3.8, 4) is 11.5 Å². The molecule has 0 spiro atoms. The second-order valence-electron chi connectivity index (χ2n) is 6.08. The van der Waals surface area contributed by atoms with E-state index in [9.17, 15) is 4.79 Å². The van der Waals surface area contributed by atoms with E-state index in [4.69, 9.17) is 9.47 Å². The second kappa shape index (κ2) is 8.25. The van der Waals surface area contributed by atoms with Crippen LogP contribution in [0.1, 0.15) is 30.0 Å². The number of carbonyl (C=O) groups is 1. The lowest BCUT2D eigenvalue weighted by molar-refractivity contribution is 0.193. The van der Waals surface area contributed by atoms with Crippen LogP contribution in [0.5, 0.6) is 11.5 Å². The fourth-order valence-electron chi connectivity index (χ4n) is 3.27. The van der Waals surface area contributed by atoms with Gasteiger partial charge in [-0.05, 0) is 59.3 Å². The Balaban J connectivity index is 1.54. The topological polar surface area (TPSA) is 50.8 Å². The molecule has 1 aromatic heterocycles. The van der Waals surface area contributed by atoms with Crippen molar-refractivity contribution in [2.24, 2.45) is 0 Å². The molecule has 1 N–H and O–H groups in total. The Bertz CT molecular complexity index is 703. The van der Waals surface area contributed by atoms with Crippen molar-refractivity contribution in [3.63, 3.8) is 0 Å². The van der Waals surface area contributed by atoms with Gasteiger partial charge >= 0.3 is 6.03 Å². The predicted octanol–water partition coefficient (Wildman–Crippen LogP) is 3.85. The SMILES string of the molecule is COc1ccc(CCNC(=O)N2CCCC2c2ccsc2)cc1OC. The minimum Gasteiger partial charge on any atom is -0.493 e. The van der Waals surface area contributed by atoms with Crippen molar-refractivity contribution in [1.29, 1.82) is 0 Å². The van der Waals surface area contributed by atoms with Crippen molar-refractivity contribution in [2.45, 2.75) is 25.3 Å². The quantitative estimate of drug-likeness (QED) is 0.851. The molecule has 1 saturated heterocycles. The van der Waals surface area contributed by atoms with Gasteiger partial charge in [0.1, 0.15) is 0 Å². The average Bonchev–Trinajstić information content (AvgIpc) is 3.32. The molecule has 2 aromatic rings. The number of amides is 2. The first-order valence-corrected chi connectivity index (χ1v) is 9.44. The summed E-state index contributed by atoms with van der Waals surface area (Å²) in [5.41, 5.74) is 2.35. The van der Waals surface area contributed by atoms with E-state index in [2.05, 4.69) is 22.1 Å². The number of methoxy groups -OCH3 is 2. The summed E-state index contributed by atoms with van der Waals surface area (Å²) in [6.45, 7) is 1.42. The molecule has 2 amide bonds. The van der Waals surface area contributed by atoms with Gasteiger partial charge < -0.3 is 19.7 Å². The van der Waals surface area contributed by atoms with Crippen LogP contribution in [0.2, 0.25) is 0 Å². The van der Waals surface area contributed by atoms with Gasteiger partial charge in [0.25, 0.3) is 0 Å². The summed E-state index contributed by atoms with van der Waals surface area (Å²) in [7, 11) is 3.25. The fourth-order valence-corrected chi connectivity index (χ4v) is 3.98. The van der Waals surface area contributed by atoms with E-state index in [1.165, 1.54) is 5.56 Å². The summed E-state index contributed by atoms with van der Waals surface area (Å²) in [6.07, 6.45) is 2.85. The third kappa shape index (κ3) is 4.07. The van der Waals surface area contributed by atoms with E-state index in [-0.39, 0.29) is 12.1 Å². The molecule has 134 valence electrons. The molecule has 1 aliphatic heterocycles. The van der Waals surface area contributed by atoms with Crippen molar-refractivity contribution < 1.29 is 14.3 Å². The highest BCUT2D eigenvalue weighted by Crippen LogP contribution is 2.33. The van der Waals surface area contributed by atoms with E-state index in [0.29, 0.717) is 18.0 Å². The minimum absolute atomic E-state index is 0.0224. The predicted molar refractivity (Wildman–Crippen MR) is 99.6 cm³/mol. The van der Waals surface area contributed by atoms with Gasteiger partial charge in [0.15, 0.2) is 11.5 Å². The van der Waals surface area contributed by atoms with Gasteiger partial charge in [-0.1, -0.05) is 6.07 Å². The van der Waals surface area contributed by atoms with E-state index < -0.39 is 0 Å². The maximum absolute atomic E-state index is 12.5. The van der Waals surface area contributed by atoms with Crippen LogP contribution in [-0.2, 0) is 6.42 Å². The molecule has 5 nitrogen and oxygen atoms in total. The normalized spacial score (nSPS) is 16.7. The Kier molecular flexibility index (Phi) is 5.81. The summed E-state index contributed by atoms with van der Waals surface area (Å²) in [4.78, 5) is 14.5. The highest BCUT2D eigenvalue weighted by molar-refractivity contribution is 7.07. The Morgan fingerprint density at radius 1 is 1.28 bits per heavy atom. The van der Waals surface area contributed by atoms with E-state index >= 15 is 0 Å². The van der Waals surface area contributed by atoms with Crippen LogP contribution in [0, 0.1) is 0 Å². The number of carbonyl (C=O) groups excluding carboxylic acids is 1. The second-order valence-corrected chi connectivity index (χ2v) is 6.86. The molecule has 3 rings (SSSR count). The molecule has 1 aliphatic rings. The van der Waals surface area contributed by atoms with Crippen LogP contribution in [0.25, 0.3) is 0 Å². The maximum atomic E-state index is 12.5. The zero-order chi connectivity index (χ0) is 17.6. The van der Waals surface area contributed by atoms with Gasteiger partial charge in [-0.25, -0.2) is 4.79 Å². The van der Waals surface area contributed by atoms with E-state index in [1.54, 1.807) is 25.6 Å². The molecule has 0 bridgehead atoms. The highest BCUT2D eigenvalue weighted by atomic mass is 32.1. The zero-order valence-corrected chi connectivity index (χ0v) is 15.5. The molecule has 1 unspecified atom stereocenters. The number of nitrogens with one attached hydrogen (secondary N) is 1. The van der Waals surface area contributed by atoms with Gasteiger partial charge in [0, 0.05) is 13.1 Å². The zero-order valence-electron chi connectivity index (χ0n) is 14.7. The molecular weight excluding hydrogens is 336 g/mol. The standard InChI is InChI=1S/C19H24N2O3S/c1-23-17-6-5-14(12-18(17)24-2)7-9-20-19(22)21-10-3-4-16(21)15-8-11-25-13-15/h5-6,8,11-13,16H,3-4,7,9-10H2,1-2H3,(H,20,22). The number of urea groups is 1. The maximum Gasteiger partial charge on any atom is 0.317 e. The third-order valence-corrected chi connectivity index (χ3v) is 5.28. The van der Waals surface area contributed by atoms with Crippen LogP contribution in [-0.4, -0.2) is 38.2 Å². The molecule has 6 heteroatoms. The third-order valence-electron chi connectivity index (χ3n) is 4.58. The van der Waals surface area contributed by atoms with E-state index in [0.717, 1.165) is 31.4 Å². The Morgan fingerprint density at radius 3 is 2.84 bits per heavy atom. The van der Waals surface area contributed by atoms with Crippen molar-refractivity contribution in [3.05, 3.63) is 46.2 Å². The summed E-state index contributed by atoms with van der Waals surface area (Å²) in [5, 5.41) is 7.26. The molecule has 0 aliphatic carbocycles. The minimum atomic E-state index is 0.0224. The van der Waals surface area contributed by atoms with Crippen LogP contribution in [0.15, 0.2) is 35.0 Å². The van der Waals surface area contributed by atoms with Gasteiger partial charge in [0.05, 0.1) is 20.3 Å². The highest BCUT2D eigenvalue weighted by Gasteiger charge is 2.29. The van der Waals surface area contributed by atoms with Gasteiger partial charge in [-0.15, -0.1) is 0 Å². The number of benzene rings is 1. The number of rotatable bonds is 6. The molecule has 0 radical (unpaired) electrons. The molecular formula is C19H24N2O3S. The largest absolute Gasteiger partial charge is 0.493 e. The first-order valence-electron chi connectivity index (χ1n) is 8.50. The van der Waals surface area contributed by atoms with Crippen LogP contribution < -0.4 is 14.8 Å². The summed E-state index contributed by atoms with van der Waals surface area (Å²) >= 11 is 1.68. The molecule has 2 heterocycles. The van der Waals surface area contributed by atoms with Crippen molar-refractivity contribution in [2.75, 3.05) is 27.3 Å². The number of hydrogen-bond acceptors (Lipinski definition) is 4. The number of ether oxygens (including phenoxy) is 2. The van der Waals surface area contributed by atoms with Crippen LogP contribution in [0.4, 0.5) is 4.79 Å². The fraction of sp³-hybridized carbons (Fsp3) is 0.421. The van der Waals surface area contributed by atoms with E-state index in [1.807, 2.05) is 23.1 Å². The van der Waals surface area contributed by atoms with Crippen molar-refractivity contribution >= 4 is 17.4 Å². The van der Waals surface area contributed by atoms with Crippen molar-refractivity contribution in [1.82, 2.24) is 10.2 Å². The Morgan fingerprint density at radius 2 is 2.12 bits per heavy atom. The molecule has 25 heavy (non-hydrogen) atoms. The lowest BCUT2D eigenvalue weighted by Gasteiger charge is -2.24. The molecule has 1 aromatic carbocycles. The smallest absolute Gasteiger partial charge is 0.317 e.